The first-order valence-electron chi connectivity index (χ1n) is 2.88. The second kappa shape index (κ2) is 5.64. The number of hydrogen-bond acceptors (Lipinski definition) is 2. The largest absolute Gasteiger partial charge is 0.172 e. The summed E-state index contributed by atoms with van der Waals surface area (Å²) in [6.07, 6.45) is 1.86. The van der Waals surface area contributed by atoms with Gasteiger partial charge in [0.25, 0.3) is 0 Å². The van der Waals surface area contributed by atoms with Gasteiger partial charge >= 0.3 is 0 Å². The highest BCUT2D eigenvalue weighted by molar-refractivity contribution is 8.06. The summed E-state index contributed by atoms with van der Waals surface area (Å²) >= 11 is 17.0. The minimum Gasteiger partial charge on any atom is -0.172 e. The van der Waals surface area contributed by atoms with Gasteiger partial charge in [0.05, 0.1) is 9.07 Å². The molecule has 0 aromatic carbocycles. The normalized spacial score (nSPS) is 18.7. The molecular formula is C6H10Cl2S2. The number of hydrogen-bond donors (Lipinski definition) is 1. The zero-order valence-corrected chi connectivity index (χ0v) is 9.07. The van der Waals surface area contributed by atoms with Crippen LogP contribution in [0.5, 0.6) is 0 Å². The topological polar surface area (TPSA) is 0 Å². The summed E-state index contributed by atoms with van der Waals surface area (Å²) in [5.41, 5.74) is 0. The van der Waals surface area contributed by atoms with Crippen LogP contribution in [0, 0.1) is 0 Å². The molecule has 0 rings (SSSR count). The van der Waals surface area contributed by atoms with E-state index in [-0.39, 0.29) is 9.96 Å². The third kappa shape index (κ3) is 7.13. The Morgan fingerprint density at radius 2 is 2.10 bits per heavy atom. The molecule has 10 heavy (non-hydrogen) atoms. The SMILES string of the molecule is CC(S)/C=C(/Cl)SC(C)Cl. The second-order valence-corrected chi connectivity index (χ2v) is 5.61. The first-order valence-corrected chi connectivity index (χ1v) is 5.09. The van der Waals surface area contributed by atoms with Crippen molar-refractivity contribution >= 4 is 47.6 Å². The fourth-order valence-corrected chi connectivity index (χ4v) is 2.33. The van der Waals surface area contributed by atoms with Crippen LogP contribution >= 0.6 is 47.6 Å². The van der Waals surface area contributed by atoms with Crippen molar-refractivity contribution in [3.63, 3.8) is 0 Å². The zero-order valence-electron chi connectivity index (χ0n) is 5.84. The summed E-state index contributed by atoms with van der Waals surface area (Å²) in [6.45, 7) is 3.83. The van der Waals surface area contributed by atoms with E-state index >= 15 is 0 Å². The fourth-order valence-electron chi connectivity index (χ4n) is 0.384. The first-order chi connectivity index (χ1) is 4.52. The molecule has 0 spiro atoms. The number of thiol groups is 1. The van der Waals surface area contributed by atoms with Crippen LogP contribution in [0.15, 0.2) is 10.4 Å². The van der Waals surface area contributed by atoms with Gasteiger partial charge in [-0.2, -0.15) is 12.6 Å². The van der Waals surface area contributed by atoms with E-state index in [2.05, 4.69) is 12.6 Å². The highest BCUT2D eigenvalue weighted by Crippen LogP contribution is 2.27. The van der Waals surface area contributed by atoms with Gasteiger partial charge in [-0.05, 0) is 19.9 Å². The lowest BCUT2D eigenvalue weighted by Crippen LogP contribution is -1.85. The lowest BCUT2D eigenvalue weighted by atomic mass is 10.5. The van der Waals surface area contributed by atoms with Gasteiger partial charge in [-0.15, -0.1) is 11.6 Å². The summed E-state index contributed by atoms with van der Waals surface area (Å²) in [4.78, 5) is 0. The van der Waals surface area contributed by atoms with E-state index in [4.69, 9.17) is 23.2 Å². The third-order valence-electron chi connectivity index (χ3n) is 0.647. The molecule has 0 bridgehead atoms. The van der Waals surface area contributed by atoms with Gasteiger partial charge in [-0.25, -0.2) is 0 Å². The highest BCUT2D eigenvalue weighted by atomic mass is 35.5. The Morgan fingerprint density at radius 1 is 1.60 bits per heavy atom. The van der Waals surface area contributed by atoms with Crippen LogP contribution < -0.4 is 0 Å². The van der Waals surface area contributed by atoms with Crippen LogP contribution in [0.1, 0.15) is 13.8 Å². The molecule has 0 aromatic heterocycles. The number of thioether (sulfide) groups is 1. The van der Waals surface area contributed by atoms with Crippen molar-refractivity contribution in [1.82, 2.24) is 0 Å². The van der Waals surface area contributed by atoms with Gasteiger partial charge in [0.1, 0.15) is 0 Å². The molecule has 0 aromatic rings. The molecule has 0 aliphatic carbocycles. The fraction of sp³-hybridized carbons (Fsp3) is 0.667. The van der Waals surface area contributed by atoms with Gasteiger partial charge in [-0.1, -0.05) is 23.4 Å². The van der Waals surface area contributed by atoms with Gasteiger partial charge in [0.15, 0.2) is 0 Å². The van der Waals surface area contributed by atoms with Gasteiger partial charge in [0, 0.05) is 5.25 Å². The highest BCUT2D eigenvalue weighted by Gasteiger charge is 2.00. The van der Waals surface area contributed by atoms with Gasteiger partial charge < -0.3 is 0 Å². The standard InChI is InChI=1S/C6H10Cl2S2/c1-4(9)3-6(8)10-5(2)7/h3-5,9H,1-2H3/b6-3-. The molecule has 60 valence electrons. The van der Waals surface area contributed by atoms with Crippen molar-refractivity contribution < 1.29 is 0 Å². The third-order valence-corrected chi connectivity index (χ3v) is 2.14. The molecule has 4 heteroatoms. The number of halogens is 2. The van der Waals surface area contributed by atoms with E-state index in [1.54, 1.807) is 0 Å². The average molecular weight is 217 g/mol. The molecule has 2 unspecified atom stereocenters. The summed E-state index contributed by atoms with van der Waals surface area (Å²) < 4.78 is 0.737. The van der Waals surface area contributed by atoms with E-state index in [9.17, 15) is 0 Å². The van der Waals surface area contributed by atoms with Crippen molar-refractivity contribution in [3.8, 4) is 0 Å². The smallest absolute Gasteiger partial charge is 0.0816 e. The van der Waals surface area contributed by atoms with E-state index < -0.39 is 0 Å². The Hall–Kier alpha value is 1.02. The maximum Gasteiger partial charge on any atom is 0.0816 e. The molecule has 0 radical (unpaired) electrons. The van der Waals surface area contributed by atoms with Crippen molar-refractivity contribution in [2.24, 2.45) is 0 Å². The lowest BCUT2D eigenvalue weighted by Gasteiger charge is -2.01. The Kier molecular flexibility index (Phi) is 6.22. The molecule has 2 atom stereocenters. The molecule has 0 nitrogen and oxygen atoms in total. The van der Waals surface area contributed by atoms with Gasteiger partial charge in [-0.3, -0.25) is 0 Å². The van der Waals surface area contributed by atoms with Crippen LogP contribution in [-0.4, -0.2) is 9.96 Å². The van der Waals surface area contributed by atoms with Crippen LogP contribution in [-0.2, 0) is 0 Å². The predicted octanol–water partition coefficient (Wildman–Crippen LogP) is 3.70. The Morgan fingerprint density at radius 3 is 2.40 bits per heavy atom. The van der Waals surface area contributed by atoms with Crippen LogP contribution in [0.3, 0.4) is 0 Å². The minimum atomic E-state index is 0.0239. The van der Waals surface area contributed by atoms with Crippen LogP contribution in [0.2, 0.25) is 0 Å². The molecule has 0 saturated heterocycles. The minimum absolute atomic E-state index is 0.0239. The second-order valence-electron chi connectivity index (χ2n) is 1.87. The van der Waals surface area contributed by atoms with Crippen molar-refractivity contribution in [1.29, 1.82) is 0 Å². The average Bonchev–Trinajstić information content (AvgIpc) is 1.58. The first kappa shape index (κ1) is 11.0. The number of alkyl halides is 1. The predicted molar refractivity (Wildman–Crippen MR) is 55.3 cm³/mol. The summed E-state index contributed by atoms with van der Waals surface area (Å²) in [5.74, 6) is 0. The maximum absolute atomic E-state index is 5.76. The van der Waals surface area contributed by atoms with Crippen LogP contribution in [0.4, 0.5) is 0 Å². The summed E-state index contributed by atoms with van der Waals surface area (Å²) in [5, 5.41) is 0.190. The molecule has 0 N–H and O–H groups in total. The molecule has 0 aliphatic rings. The van der Waals surface area contributed by atoms with E-state index in [0.29, 0.717) is 4.36 Å². The van der Waals surface area contributed by atoms with Crippen molar-refractivity contribution in [3.05, 3.63) is 10.4 Å². The summed E-state index contributed by atoms with van der Waals surface area (Å²) in [7, 11) is 0. The van der Waals surface area contributed by atoms with Crippen molar-refractivity contribution in [2.45, 2.75) is 23.8 Å². The quantitative estimate of drug-likeness (QED) is 0.555. The molecule has 0 fully saturated rings. The zero-order chi connectivity index (χ0) is 8.15. The molecular weight excluding hydrogens is 207 g/mol. The van der Waals surface area contributed by atoms with Gasteiger partial charge in [0.2, 0.25) is 0 Å². The molecule has 0 amide bonds. The van der Waals surface area contributed by atoms with Crippen LogP contribution in [0.25, 0.3) is 0 Å². The molecule has 0 heterocycles. The monoisotopic (exact) mass is 216 g/mol. The van der Waals surface area contributed by atoms with Crippen molar-refractivity contribution in [2.75, 3.05) is 0 Å². The lowest BCUT2D eigenvalue weighted by molar-refractivity contribution is 1.26. The molecule has 0 aliphatic heterocycles. The maximum atomic E-state index is 5.76. The Labute approximate surface area is 81.8 Å². The van der Waals surface area contributed by atoms with E-state index in [1.165, 1.54) is 11.8 Å². The summed E-state index contributed by atoms with van der Waals surface area (Å²) in [6, 6.07) is 0. The molecule has 0 saturated carbocycles. The van der Waals surface area contributed by atoms with E-state index in [0.717, 1.165) is 0 Å². The Balaban J connectivity index is 3.71. The Bertz CT molecular complexity index is 121. The van der Waals surface area contributed by atoms with E-state index in [1.807, 2.05) is 19.9 Å². The number of rotatable bonds is 3.